The van der Waals surface area contributed by atoms with E-state index in [1.165, 1.54) is 0 Å². The van der Waals surface area contributed by atoms with E-state index in [1.54, 1.807) is 11.3 Å². The summed E-state index contributed by atoms with van der Waals surface area (Å²) in [5, 5.41) is 10.2. The molecule has 104 valence electrons. The van der Waals surface area contributed by atoms with Crippen molar-refractivity contribution in [2.45, 2.75) is 25.4 Å². The van der Waals surface area contributed by atoms with E-state index in [2.05, 4.69) is 4.98 Å². The van der Waals surface area contributed by atoms with Crippen LogP contribution >= 0.6 is 11.3 Å². The Bertz CT molecular complexity index is 597. The maximum Gasteiger partial charge on any atom is 0.320 e. The van der Waals surface area contributed by atoms with Gasteiger partial charge in [-0.1, -0.05) is 30.3 Å². The largest absolute Gasteiger partial charge is 0.480 e. The van der Waals surface area contributed by atoms with Crippen molar-refractivity contribution in [3.63, 3.8) is 0 Å². The van der Waals surface area contributed by atoms with Crippen LogP contribution in [-0.2, 0) is 11.3 Å². The molecule has 20 heavy (non-hydrogen) atoms. The molecule has 5 heteroatoms. The van der Waals surface area contributed by atoms with Crippen molar-refractivity contribution in [2.24, 2.45) is 0 Å². The highest BCUT2D eigenvalue weighted by molar-refractivity contribution is 7.15. The number of thiazole rings is 1. The van der Waals surface area contributed by atoms with Crippen molar-refractivity contribution in [3.8, 4) is 10.6 Å². The summed E-state index contributed by atoms with van der Waals surface area (Å²) in [6, 6.07) is 9.73. The SMILES string of the molecule is O=C(O)[C@H]1CCCN1Cc1cnc(-c2ccccc2)s1. The molecular formula is C15H16N2O2S. The number of carboxylic acid groups (broad SMARTS) is 1. The molecule has 0 aliphatic carbocycles. The molecule has 0 bridgehead atoms. The van der Waals surface area contributed by atoms with E-state index in [4.69, 9.17) is 0 Å². The van der Waals surface area contributed by atoms with E-state index in [0.29, 0.717) is 6.54 Å². The molecule has 1 fully saturated rings. The minimum Gasteiger partial charge on any atom is -0.480 e. The van der Waals surface area contributed by atoms with Gasteiger partial charge in [0.15, 0.2) is 0 Å². The lowest BCUT2D eigenvalue weighted by atomic mass is 10.2. The van der Waals surface area contributed by atoms with Crippen LogP contribution in [0.15, 0.2) is 36.5 Å². The zero-order valence-corrected chi connectivity index (χ0v) is 11.8. The third-order valence-electron chi connectivity index (χ3n) is 3.58. The second-order valence-electron chi connectivity index (χ2n) is 4.96. The maximum absolute atomic E-state index is 11.2. The number of hydrogen-bond acceptors (Lipinski definition) is 4. The quantitative estimate of drug-likeness (QED) is 0.940. The number of rotatable bonds is 4. The zero-order chi connectivity index (χ0) is 13.9. The van der Waals surface area contributed by atoms with Gasteiger partial charge >= 0.3 is 5.97 Å². The Morgan fingerprint density at radius 2 is 2.20 bits per heavy atom. The number of hydrogen-bond donors (Lipinski definition) is 1. The fourth-order valence-electron chi connectivity index (χ4n) is 2.59. The molecular weight excluding hydrogens is 272 g/mol. The molecule has 1 N–H and O–H groups in total. The molecule has 2 aromatic rings. The van der Waals surface area contributed by atoms with Crippen molar-refractivity contribution in [1.29, 1.82) is 0 Å². The van der Waals surface area contributed by atoms with Crippen LogP contribution in [0.5, 0.6) is 0 Å². The molecule has 1 atom stereocenters. The Hall–Kier alpha value is -1.72. The van der Waals surface area contributed by atoms with Crippen molar-refractivity contribution in [2.75, 3.05) is 6.54 Å². The van der Waals surface area contributed by atoms with Gasteiger partial charge in [-0.2, -0.15) is 0 Å². The van der Waals surface area contributed by atoms with Gasteiger partial charge in [0.25, 0.3) is 0 Å². The van der Waals surface area contributed by atoms with E-state index in [0.717, 1.165) is 34.8 Å². The van der Waals surface area contributed by atoms with Crippen LogP contribution in [-0.4, -0.2) is 33.5 Å². The van der Waals surface area contributed by atoms with Gasteiger partial charge in [-0.3, -0.25) is 9.69 Å². The fourth-order valence-corrected chi connectivity index (χ4v) is 3.53. The first-order valence-corrected chi connectivity index (χ1v) is 7.52. The van der Waals surface area contributed by atoms with E-state index in [9.17, 15) is 9.90 Å². The highest BCUT2D eigenvalue weighted by atomic mass is 32.1. The summed E-state index contributed by atoms with van der Waals surface area (Å²) in [5.74, 6) is -0.713. The van der Waals surface area contributed by atoms with Crippen LogP contribution in [0.1, 0.15) is 17.7 Å². The minimum absolute atomic E-state index is 0.336. The van der Waals surface area contributed by atoms with Gasteiger partial charge in [0.05, 0.1) is 0 Å². The highest BCUT2D eigenvalue weighted by Crippen LogP contribution is 2.27. The maximum atomic E-state index is 11.2. The normalized spacial score (nSPS) is 19.3. The molecule has 1 aliphatic rings. The van der Waals surface area contributed by atoms with Crippen LogP contribution < -0.4 is 0 Å². The molecule has 1 aliphatic heterocycles. The lowest BCUT2D eigenvalue weighted by molar-refractivity contribution is -0.142. The minimum atomic E-state index is -0.713. The van der Waals surface area contributed by atoms with Gasteiger partial charge in [0.2, 0.25) is 0 Å². The zero-order valence-electron chi connectivity index (χ0n) is 11.0. The highest BCUT2D eigenvalue weighted by Gasteiger charge is 2.30. The summed E-state index contributed by atoms with van der Waals surface area (Å²) in [6.45, 7) is 1.54. The molecule has 4 nitrogen and oxygen atoms in total. The van der Waals surface area contributed by atoms with Gasteiger partial charge in [0.1, 0.15) is 11.0 Å². The summed E-state index contributed by atoms with van der Waals surface area (Å²) >= 11 is 1.64. The molecule has 0 saturated carbocycles. The fraction of sp³-hybridized carbons (Fsp3) is 0.333. The lowest BCUT2D eigenvalue weighted by Crippen LogP contribution is -2.35. The standard InChI is InChI=1S/C15H16N2O2S/c18-15(19)13-7-4-8-17(13)10-12-9-16-14(20-12)11-5-2-1-3-6-11/h1-3,5-6,9,13H,4,7-8,10H2,(H,18,19)/t13-/m1/s1. The van der Waals surface area contributed by atoms with Crippen molar-refractivity contribution < 1.29 is 9.90 Å². The molecule has 0 amide bonds. The van der Waals surface area contributed by atoms with E-state index < -0.39 is 5.97 Å². The van der Waals surface area contributed by atoms with Gasteiger partial charge in [-0.25, -0.2) is 4.98 Å². The van der Waals surface area contributed by atoms with Crippen molar-refractivity contribution in [1.82, 2.24) is 9.88 Å². The summed E-state index contributed by atoms with van der Waals surface area (Å²) in [5.41, 5.74) is 1.11. The molecule has 2 heterocycles. The Labute approximate surface area is 121 Å². The summed E-state index contributed by atoms with van der Waals surface area (Å²) in [4.78, 5) is 18.8. The number of likely N-dealkylation sites (tertiary alicyclic amines) is 1. The lowest BCUT2D eigenvalue weighted by Gasteiger charge is -2.19. The van der Waals surface area contributed by atoms with E-state index in [-0.39, 0.29) is 6.04 Å². The number of carboxylic acids is 1. The first-order chi connectivity index (χ1) is 9.74. The predicted octanol–water partition coefficient (Wildman–Crippen LogP) is 2.86. The number of aliphatic carboxylic acids is 1. The van der Waals surface area contributed by atoms with Gasteiger partial charge in [-0.15, -0.1) is 11.3 Å². The van der Waals surface area contributed by atoms with Gasteiger partial charge in [-0.05, 0) is 19.4 Å². The van der Waals surface area contributed by atoms with Crippen LogP contribution in [0.4, 0.5) is 0 Å². The molecule has 0 spiro atoms. The summed E-state index contributed by atoms with van der Waals surface area (Å²) < 4.78 is 0. The number of benzene rings is 1. The third kappa shape index (κ3) is 2.73. The molecule has 3 rings (SSSR count). The smallest absolute Gasteiger partial charge is 0.320 e. The van der Waals surface area contributed by atoms with E-state index >= 15 is 0 Å². The summed E-state index contributed by atoms with van der Waals surface area (Å²) in [7, 11) is 0. The number of carbonyl (C=O) groups is 1. The monoisotopic (exact) mass is 288 g/mol. The van der Waals surface area contributed by atoms with E-state index in [1.807, 2.05) is 41.4 Å². The Kier molecular flexibility index (Phi) is 3.80. The van der Waals surface area contributed by atoms with Crippen molar-refractivity contribution >= 4 is 17.3 Å². The first-order valence-electron chi connectivity index (χ1n) is 6.71. The predicted molar refractivity (Wildman–Crippen MR) is 78.6 cm³/mol. The Balaban J connectivity index is 1.73. The molecule has 1 saturated heterocycles. The van der Waals surface area contributed by atoms with Crippen LogP contribution in [0.3, 0.4) is 0 Å². The van der Waals surface area contributed by atoms with Crippen molar-refractivity contribution in [3.05, 3.63) is 41.4 Å². The molecule has 1 aromatic carbocycles. The summed E-state index contributed by atoms with van der Waals surface area (Å²) in [6.07, 6.45) is 3.57. The van der Waals surface area contributed by atoms with Crippen LogP contribution in [0.25, 0.3) is 10.6 Å². The van der Waals surface area contributed by atoms with Gasteiger partial charge in [0, 0.05) is 23.2 Å². The molecule has 0 radical (unpaired) electrons. The van der Waals surface area contributed by atoms with Gasteiger partial charge < -0.3 is 5.11 Å². The first kappa shape index (κ1) is 13.3. The number of aromatic nitrogens is 1. The molecule has 0 unspecified atom stereocenters. The average molecular weight is 288 g/mol. The average Bonchev–Trinajstić information content (AvgIpc) is 3.09. The Morgan fingerprint density at radius 3 is 2.95 bits per heavy atom. The molecule has 1 aromatic heterocycles. The number of nitrogens with zero attached hydrogens (tertiary/aromatic N) is 2. The topological polar surface area (TPSA) is 53.4 Å². The third-order valence-corrected chi connectivity index (χ3v) is 4.61. The second kappa shape index (κ2) is 5.73. The van der Waals surface area contributed by atoms with Crippen LogP contribution in [0, 0.1) is 0 Å². The second-order valence-corrected chi connectivity index (χ2v) is 6.08. The Morgan fingerprint density at radius 1 is 1.40 bits per heavy atom. The van der Waals surface area contributed by atoms with Crippen LogP contribution in [0.2, 0.25) is 0 Å².